The Morgan fingerprint density at radius 1 is 1.19 bits per heavy atom. The third-order valence-electron chi connectivity index (χ3n) is 3.27. The summed E-state index contributed by atoms with van der Waals surface area (Å²) in [5, 5.41) is 18.6. The number of benzene rings is 1. The van der Waals surface area contributed by atoms with Gasteiger partial charge >= 0.3 is 0 Å². The maximum atomic E-state index is 11.6. The second-order valence-corrected chi connectivity index (χ2v) is 5.09. The van der Waals surface area contributed by atoms with Crippen molar-refractivity contribution in [2.45, 2.75) is 19.6 Å². The first kappa shape index (κ1) is 15.3. The molecule has 0 bridgehead atoms. The van der Waals surface area contributed by atoms with E-state index in [1.165, 1.54) is 17.8 Å². The molecule has 0 saturated carbocycles. The van der Waals surface area contributed by atoms with E-state index in [2.05, 4.69) is 4.90 Å². The van der Waals surface area contributed by atoms with Gasteiger partial charge in [0.25, 0.3) is 0 Å². The molecule has 5 heteroatoms. The summed E-state index contributed by atoms with van der Waals surface area (Å²) < 4.78 is 1.71. The fourth-order valence-corrected chi connectivity index (χ4v) is 2.28. The standard InChI is InChI=1S/C16H20N2O3/c1-17(10-13-5-3-2-4-6-13)11-14-9-15(20)16(21)12-18(14)7-8-19/h2-6,9,12,19,21H,7-8,10-11H2,1H3. The summed E-state index contributed by atoms with van der Waals surface area (Å²) in [6.45, 7) is 1.62. The van der Waals surface area contributed by atoms with E-state index in [0.717, 1.165) is 12.2 Å². The van der Waals surface area contributed by atoms with Crippen molar-refractivity contribution in [1.82, 2.24) is 9.47 Å². The Hall–Kier alpha value is -2.11. The van der Waals surface area contributed by atoms with E-state index in [-0.39, 0.29) is 12.4 Å². The minimum absolute atomic E-state index is 0.0439. The first-order chi connectivity index (χ1) is 10.1. The van der Waals surface area contributed by atoms with Crippen LogP contribution in [-0.2, 0) is 19.6 Å². The molecule has 5 nitrogen and oxygen atoms in total. The van der Waals surface area contributed by atoms with Crippen molar-refractivity contribution < 1.29 is 10.2 Å². The van der Waals surface area contributed by atoms with Crippen LogP contribution in [0.4, 0.5) is 0 Å². The van der Waals surface area contributed by atoms with E-state index in [4.69, 9.17) is 5.11 Å². The van der Waals surface area contributed by atoms with Crippen molar-refractivity contribution in [3.8, 4) is 5.75 Å². The topological polar surface area (TPSA) is 65.7 Å². The van der Waals surface area contributed by atoms with Crippen LogP contribution >= 0.6 is 0 Å². The summed E-state index contributed by atoms with van der Waals surface area (Å²) in [6.07, 6.45) is 1.38. The summed E-state index contributed by atoms with van der Waals surface area (Å²) in [7, 11) is 1.97. The highest BCUT2D eigenvalue weighted by atomic mass is 16.3. The van der Waals surface area contributed by atoms with Crippen LogP contribution in [0.5, 0.6) is 5.75 Å². The molecule has 1 heterocycles. The number of aliphatic hydroxyl groups excluding tert-OH is 1. The molecule has 2 aromatic rings. The highest BCUT2D eigenvalue weighted by Crippen LogP contribution is 2.10. The van der Waals surface area contributed by atoms with Crippen molar-refractivity contribution in [2.75, 3.05) is 13.7 Å². The number of aromatic hydroxyl groups is 1. The lowest BCUT2D eigenvalue weighted by Gasteiger charge is -2.20. The van der Waals surface area contributed by atoms with Crippen LogP contribution in [0.3, 0.4) is 0 Å². The van der Waals surface area contributed by atoms with Crippen molar-refractivity contribution in [3.63, 3.8) is 0 Å². The highest BCUT2D eigenvalue weighted by Gasteiger charge is 2.08. The molecule has 21 heavy (non-hydrogen) atoms. The Labute approximate surface area is 123 Å². The maximum Gasteiger partial charge on any atom is 0.223 e. The number of hydrogen-bond acceptors (Lipinski definition) is 4. The number of hydrogen-bond donors (Lipinski definition) is 2. The van der Waals surface area contributed by atoms with E-state index in [9.17, 15) is 9.90 Å². The fourth-order valence-electron chi connectivity index (χ4n) is 2.28. The van der Waals surface area contributed by atoms with E-state index in [0.29, 0.717) is 13.1 Å². The molecule has 1 aromatic heterocycles. The normalized spacial score (nSPS) is 11.0. The summed E-state index contributed by atoms with van der Waals surface area (Å²) in [6, 6.07) is 11.5. The molecule has 112 valence electrons. The van der Waals surface area contributed by atoms with Gasteiger partial charge in [-0.3, -0.25) is 9.69 Å². The fraction of sp³-hybridized carbons (Fsp3) is 0.312. The number of pyridine rings is 1. The Morgan fingerprint density at radius 3 is 2.57 bits per heavy atom. The molecule has 0 radical (unpaired) electrons. The van der Waals surface area contributed by atoms with Gasteiger partial charge in [-0.2, -0.15) is 0 Å². The van der Waals surface area contributed by atoms with Crippen molar-refractivity contribution in [1.29, 1.82) is 0 Å². The minimum Gasteiger partial charge on any atom is -0.503 e. The maximum absolute atomic E-state index is 11.6. The van der Waals surface area contributed by atoms with E-state index >= 15 is 0 Å². The monoisotopic (exact) mass is 288 g/mol. The smallest absolute Gasteiger partial charge is 0.223 e. The van der Waals surface area contributed by atoms with Gasteiger partial charge in [-0.25, -0.2) is 0 Å². The molecule has 2 rings (SSSR count). The SMILES string of the molecule is CN(Cc1ccccc1)Cc1cc(=O)c(O)cn1CCO. The van der Waals surface area contributed by atoms with Gasteiger partial charge in [0.1, 0.15) is 0 Å². The van der Waals surface area contributed by atoms with Gasteiger partial charge in [-0.05, 0) is 12.6 Å². The largest absolute Gasteiger partial charge is 0.503 e. The van der Waals surface area contributed by atoms with Crippen molar-refractivity contribution >= 4 is 0 Å². The Balaban J connectivity index is 2.14. The molecular weight excluding hydrogens is 268 g/mol. The van der Waals surface area contributed by atoms with Gasteiger partial charge < -0.3 is 14.8 Å². The second-order valence-electron chi connectivity index (χ2n) is 5.09. The molecular formula is C16H20N2O3. The Bertz CT molecular complexity index is 638. The number of aromatic nitrogens is 1. The summed E-state index contributed by atoms with van der Waals surface area (Å²) in [5.74, 6) is -0.294. The highest BCUT2D eigenvalue weighted by molar-refractivity contribution is 5.21. The number of rotatable bonds is 6. The van der Waals surface area contributed by atoms with E-state index in [1.807, 2.05) is 37.4 Å². The third-order valence-corrected chi connectivity index (χ3v) is 3.27. The van der Waals surface area contributed by atoms with Crippen LogP contribution in [0.25, 0.3) is 0 Å². The van der Waals surface area contributed by atoms with Crippen molar-refractivity contribution in [2.24, 2.45) is 0 Å². The van der Waals surface area contributed by atoms with Gasteiger partial charge in [-0.1, -0.05) is 30.3 Å². The number of nitrogens with zero attached hydrogens (tertiary/aromatic N) is 2. The van der Waals surface area contributed by atoms with E-state index < -0.39 is 5.43 Å². The lowest BCUT2D eigenvalue weighted by atomic mass is 10.2. The molecule has 0 aliphatic rings. The van der Waals surface area contributed by atoms with Crippen LogP contribution in [0.15, 0.2) is 47.4 Å². The average Bonchev–Trinajstić information content (AvgIpc) is 2.45. The minimum atomic E-state index is -0.396. The quantitative estimate of drug-likeness (QED) is 0.837. The third kappa shape index (κ3) is 4.18. The molecule has 0 unspecified atom stereocenters. The first-order valence-electron chi connectivity index (χ1n) is 6.86. The van der Waals surface area contributed by atoms with Crippen LogP contribution in [0.2, 0.25) is 0 Å². The van der Waals surface area contributed by atoms with Gasteiger partial charge in [-0.15, -0.1) is 0 Å². The molecule has 0 atom stereocenters. The summed E-state index contributed by atoms with van der Waals surface area (Å²) in [4.78, 5) is 13.7. The lowest BCUT2D eigenvalue weighted by Crippen LogP contribution is -2.23. The Morgan fingerprint density at radius 2 is 1.90 bits per heavy atom. The van der Waals surface area contributed by atoms with Crippen LogP contribution < -0.4 is 5.43 Å². The zero-order chi connectivity index (χ0) is 15.2. The predicted octanol–water partition coefficient (Wildman–Crippen LogP) is 1.18. The first-order valence-corrected chi connectivity index (χ1v) is 6.86. The zero-order valence-corrected chi connectivity index (χ0v) is 12.1. The summed E-state index contributed by atoms with van der Waals surface area (Å²) >= 11 is 0. The van der Waals surface area contributed by atoms with Gasteiger partial charge in [0.15, 0.2) is 5.75 Å². The van der Waals surface area contributed by atoms with Gasteiger partial charge in [0.2, 0.25) is 5.43 Å². The van der Waals surface area contributed by atoms with Gasteiger partial charge in [0, 0.05) is 31.4 Å². The lowest BCUT2D eigenvalue weighted by molar-refractivity contribution is 0.263. The zero-order valence-electron chi connectivity index (χ0n) is 12.1. The molecule has 0 amide bonds. The summed E-state index contributed by atoms with van der Waals surface area (Å²) in [5.41, 5.74) is 1.56. The molecule has 0 spiro atoms. The number of aliphatic hydroxyl groups is 1. The molecule has 0 aliphatic heterocycles. The Kier molecular flexibility index (Phi) is 5.14. The average molecular weight is 288 g/mol. The second kappa shape index (κ2) is 7.06. The van der Waals surface area contributed by atoms with Crippen LogP contribution in [0.1, 0.15) is 11.3 Å². The van der Waals surface area contributed by atoms with Crippen LogP contribution in [-0.4, -0.2) is 33.3 Å². The molecule has 0 fully saturated rings. The molecule has 2 N–H and O–H groups in total. The molecule has 1 aromatic carbocycles. The predicted molar refractivity (Wildman–Crippen MR) is 81.1 cm³/mol. The van der Waals surface area contributed by atoms with Crippen LogP contribution in [0, 0.1) is 0 Å². The van der Waals surface area contributed by atoms with Gasteiger partial charge in [0.05, 0.1) is 12.8 Å². The van der Waals surface area contributed by atoms with Crippen molar-refractivity contribution in [3.05, 3.63) is 64.1 Å². The molecule has 0 saturated heterocycles. The van der Waals surface area contributed by atoms with E-state index in [1.54, 1.807) is 4.57 Å². The molecule has 0 aliphatic carbocycles.